The molecule has 4 rings (SSSR count). The first-order valence-corrected chi connectivity index (χ1v) is 8.71. The summed E-state index contributed by atoms with van der Waals surface area (Å²) in [6.45, 7) is -0.0235. The zero-order valence-corrected chi connectivity index (χ0v) is 14.6. The van der Waals surface area contributed by atoms with Crippen molar-refractivity contribution >= 4 is 29.4 Å². The molecule has 142 valence electrons. The Morgan fingerprint density at radius 1 is 1.00 bits per heavy atom. The quantitative estimate of drug-likeness (QED) is 0.761. The van der Waals surface area contributed by atoms with Crippen molar-refractivity contribution in [2.45, 2.75) is 12.8 Å². The number of hydroxylamine groups is 2. The number of hydrogen-bond donors (Lipinski definition) is 0. The maximum Gasteiger partial charge on any atom is 0.338 e. The van der Waals surface area contributed by atoms with Crippen molar-refractivity contribution < 1.29 is 28.4 Å². The molecule has 1 atom stereocenters. The van der Waals surface area contributed by atoms with E-state index in [0.29, 0.717) is 10.8 Å². The lowest BCUT2D eigenvalue weighted by atomic mass is 9.97. The van der Waals surface area contributed by atoms with E-state index < -0.39 is 29.5 Å². The summed E-state index contributed by atoms with van der Waals surface area (Å²) in [4.78, 5) is 55.8. The van der Waals surface area contributed by atoms with Gasteiger partial charge in [0.15, 0.2) is 0 Å². The predicted octanol–water partition coefficient (Wildman–Crippen LogP) is 2.32. The van der Waals surface area contributed by atoms with Crippen LogP contribution >= 0.6 is 0 Å². The summed E-state index contributed by atoms with van der Waals surface area (Å²) < 4.78 is 13.5. The van der Waals surface area contributed by atoms with E-state index in [-0.39, 0.29) is 36.4 Å². The Hall–Kier alpha value is -3.55. The molecule has 2 aromatic rings. The lowest BCUT2D eigenvalue weighted by Crippen LogP contribution is -2.45. The topological polar surface area (TPSA) is 84.0 Å². The monoisotopic (exact) mass is 382 g/mol. The minimum atomic E-state index is -0.789. The highest BCUT2D eigenvalue weighted by Crippen LogP contribution is 2.28. The van der Waals surface area contributed by atoms with Crippen molar-refractivity contribution in [1.29, 1.82) is 0 Å². The van der Waals surface area contributed by atoms with E-state index >= 15 is 0 Å². The second-order valence-electron chi connectivity index (χ2n) is 6.58. The van der Waals surface area contributed by atoms with Crippen LogP contribution in [0.15, 0.2) is 48.5 Å². The highest BCUT2D eigenvalue weighted by Gasteiger charge is 2.41. The Morgan fingerprint density at radius 3 is 2.32 bits per heavy atom. The molecule has 0 saturated carbocycles. The molecule has 2 aliphatic rings. The number of nitrogens with zero attached hydrogens (tertiary/aromatic N) is 2. The maximum absolute atomic E-state index is 13.5. The van der Waals surface area contributed by atoms with E-state index in [1.54, 1.807) is 18.2 Å². The lowest BCUT2D eigenvalue weighted by molar-refractivity contribution is -0.174. The number of hydrogen-bond acceptors (Lipinski definition) is 5. The van der Waals surface area contributed by atoms with Gasteiger partial charge in [-0.2, -0.15) is 0 Å². The summed E-state index contributed by atoms with van der Waals surface area (Å²) >= 11 is 0. The second kappa shape index (κ2) is 6.88. The van der Waals surface area contributed by atoms with Crippen LogP contribution in [0.1, 0.15) is 33.6 Å². The van der Waals surface area contributed by atoms with E-state index in [1.165, 1.54) is 35.2 Å². The molecule has 7 nitrogen and oxygen atoms in total. The Balaban J connectivity index is 1.49. The van der Waals surface area contributed by atoms with Gasteiger partial charge in [-0.25, -0.2) is 9.18 Å². The number of imide groups is 1. The molecule has 8 heteroatoms. The molecule has 28 heavy (non-hydrogen) atoms. The van der Waals surface area contributed by atoms with Crippen LogP contribution in [-0.2, 0) is 14.4 Å². The SMILES string of the molecule is O=C(ON1C(=O)c2ccccc2C1=O)C1CCC(=O)N(c2cccc(F)c2)C1. The standard InChI is InChI=1S/C20H15FN2O5/c21-13-4-3-5-14(10-13)22-11-12(8-9-17(22)24)20(27)28-23-18(25)15-6-1-2-7-16(15)19(23)26/h1-7,10,12H,8-9,11H2. The Kier molecular flexibility index (Phi) is 4.38. The summed E-state index contributed by atoms with van der Waals surface area (Å²) in [6.07, 6.45) is 0.283. The number of carbonyl (C=O) groups is 4. The third-order valence-electron chi connectivity index (χ3n) is 4.80. The fraction of sp³-hybridized carbons (Fsp3) is 0.200. The molecule has 0 aliphatic carbocycles. The summed E-state index contributed by atoms with van der Waals surface area (Å²) in [5, 5.41) is 0.454. The average molecular weight is 382 g/mol. The Bertz CT molecular complexity index is 971. The first-order valence-electron chi connectivity index (χ1n) is 8.71. The smallest absolute Gasteiger partial charge is 0.329 e. The molecule has 1 unspecified atom stereocenters. The normalized spacial score (nSPS) is 19.0. The minimum absolute atomic E-state index is 0.0235. The molecular weight excluding hydrogens is 367 g/mol. The van der Waals surface area contributed by atoms with Gasteiger partial charge in [0.1, 0.15) is 5.82 Å². The molecular formula is C20H15FN2O5. The van der Waals surface area contributed by atoms with Gasteiger partial charge in [-0.15, -0.1) is 0 Å². The summed E-state index contributed by atoms with van der Waals surface area (Å²) in [5.74, 6) is -3.68. The molecule has 1 fully saturated rings. The van der Waals surface area contributed by atoms with Gasteiger partial charge in [-0.05, 0) is 36.8 Å². The molecule has 2 aromatic carbocycles. The zero-order valence-electron chi connectivity index (χ0n) is 14.6. The van der Waals surface area contributed by atoms with Crippen LogP contribution in [0.4, 0.5) is 10.1 Å². The maximum atomic E-state index is 13.5. The zero-order chi connectivity index (χ0) is 19.8. The van der Waals surface area contributed by atoms with Crippen LogP contribution in [-0.4, -0.2) is 35.3 Å². The fourth-order valence-corrected chi connectivity index (χ4v) is 3.35. The molecule has 0 spiro atoms. The van der Waals surface area contributed by atoms with Crippen molar-refractivity contribution in [3.05, 3.63) is 65.5 Å². The van der Waals surface area contributed by atoms with Gasteiger partial charge in [-0.3, -0.25) is 14.4 Å². The van der Waals surface area contributed by atoms with Crippen LogP contribution in [0.25, 0.3) is 0 Å². The van der Waals surface area contributed by atoms with E-state index in [4.69, 9.17) is 4.84 Å². The molecule has 2 aliphatic heterocycles. The van der Waals surface area contributed by atoms with Crippen molar-refractivity contribution in [2.75, 3.05) is 11.4 Å². The van der Waals surface area contributed by atoms with Crippen LogP contribution in [0, 0.1) is 11.7 Å². The fourth-order valence-electron chi connectivity index (χ4n) is 3.35. The van der Waals surface area contributed by atoms with E-state index in [0.717, 1.165) is 0 Å². The first-order chi connectivity index (χ1) is 13.5. The predicted molar refractivity (Wildman–Crippen MR) is 94.5 cm³/mol. The second-order valence-corrected chi connectivity index (χ2v) is 6.58. The highest BCUT2D eigenvalue weighted by atomic mass is 19.1. The van der Waals surface area contributed by atoms with Crippen molar-refractivity contribution in [3.8, 4) is 0 Å². The van der Waals surface area contributed by atoms with Gasteiger partial charge >= 0.3 is 5.97 Å². The number of anilines is 1. The largest absolute Gasteiger partial charge is 0.338 e. The Labute approximate surface area is 159 Å². The van der Waals surface area contributed by atoms with Crippen molar-refractivity contribution in [2.24, 2.45) is 5.92 Å². The Morgan fingerprint density at radius 2 is 1.68 bits per heavy atom. The molecule has 3 amide bonds. The third kappa shape index (κ3) is 3.02. The number of amides is 3. The highest BCUT2D eigenvalue weighted by molar-refractivity contribution is 6.20. The number of rotatable bonds is 3. The number of benzene rings is 2. The average Bonchev–Trinajstić information content (AvgIpc) is 2.93. The molecule has 0 radical (unpaired) electrons. The van der Waals surface area contributed by atoms with Crippen LogP contribution in [0.3, 0.4) is 0 Å². The van der Waals surface area contributed by atoms with Crippen molar-refractivity contribution in [1.82, 2.24) is 5.06 Å². The van der Waals surface area contributed by atoms with E-state index in [2.05, 4.69) is 0 Å². The van der Waals surface area contributed by atoms with E-state index in [9.17, 15) is 23.6 Å². The molecule has 0 aromatic heterocycles. The first kappa shape index (κ1) is 17.8. The number of piperidine rings is 1. The number of halogens is 1. The lowest BCUT2D eigenvalue weighted by Gasteiger charge is -2.31. The van der Waals surface area contributed by atoms with Gasteiger partial charge in [0.05, 0.1) is 17.0 Å². The van der Waals surface area contributed by atoms with Gasteiger partial charge in [-0.1, -0.05) is 23.3 Å². The van der Waals surface area contributed by atoms with Crippen molar-refractivity contribution in [3.63, 3.8) is 0 Å². The molecule has 0 bridgehead atoms. The van der Waals surface area contributed by atoms with Crippen LogP contribution in [0.2, 0.25) is 0 Å². The third-order valence-corrected chi connectivity index (χ3v) is 4.80. The summed E-state index contributed by atoms with van der Waals surface area (Å²) in [7, 11) is 0. The summed E-state index contributed by atoms with van der Waals surface area (Å²) in [5.41, 5.74) is 0.671. The van der Waals surface area contributed by atoms with Gasteiger partial charge < -0.3 is 9.74 Å². The molecule has 1 saturated heterocycles. The van der Waals surface area contributed by atoms with Crippen LogP contribution < -0.4 is 4.90 Å². The van der Waals surface area contributed by atoms with E-state index in [1.807, 2.05) is 0 Å². The van der Waals surface area contributed by atoms with Gasteiger partial charge in [0, 0.05) is 18.7 Å². The number of carbonyl (C=O) groups excluding carboxylic acids is 4. The molecule has 2 heterocycles. The number of fused-ring (bicyclic) bond motifs is 1. The van der Waals surface area contributed by atoms with Crippen LogP contribution in [0.5, 0.6) is 0 Å². The van der Waals surface area contributed by atoms with Gasteiger partial charge in [0.25, 0.3) is 11.8 Å². The summed E-state index contributed by atoms with van der Waals surface area (Å²) in [6, 6.07) is 11.7. The van der Waals surface area contributed by atoms with Gasteiger partial charge in [0.2, 0.25) is 5.91 Å². The minimum Gasteiger partial charge on any atom is -0.329 e. The molecule has 0 N–H and O–H groups in total.